The maximum atomic E-state index is 7.39. The van der Waals surface area contributed by atoms with Crippen molar-refractivity contribution in [3.8, 4) is 0 Å². The van der Waals surface area contributed by atoms with Crippen molar-refractivity contribution in [2.45, 2.75) is 6.42 Å². The van der Waals surface area contributed by atoms with Crippen molar-refractivity contribution >= 4 is 58.1 Å². The number of hydrogen-bond acceptors (Lipinski definition) is 4. The Bertz CT molecular complexity index is 959. The van der Waals surface area contributed by atoms with Gasteiger partial charge in [-0.3, -0.25) is 5.41 Å². The van der Waals surface area contributed by atoms with Crippen LogP contribution in [0, 0.1) is 5.41 Å². The number of hydrogen-bond donors (Lipinski definition) is 3. The number of halogens is 2. The van der Waals surface area contributed by atoms with Gasteiger partial charge in [-0.05, 0) is 42.3 Å². The van der Waals surface area contributed by atoms with Crippen LogP contribution in [0.25, 0.3) is 10.9 Å². The smallest absolute Gasteiger partial charge is 0.190 e. The third kappa shape index (κ3) is 3.18. The summed E-state index contributed by atoms with van der Waals surface area (Å²) in [6.07, 6.45) is 2.52. The third-order valence-corrected chi connectivity index (χ3v) is 4.33. The minimum absolute atomic E-state index is 0. The predicted octanol–water partition coefficient (Wildman–Crippen LogP) is 3.70. The molecule has 25 heavy (non-hydrogen) atoms. The van der Waals surface area contributed by atoms with Gasteiger partial charge in [-0.25, -0.2) is 9.97 Å². The van der Waals surface area contributed by atoms with Crippen LogP contribution in [0.15, 0.2) is 42.7 Å². The lowest BCUT2D eigenvalue weighted by Gasteiger charge is -2.20. The van der Waals surface area contributed by atoms with Crippen LogP contribution in [0.2, 0.25) is 5.02 Å². The Morgan fingerprint density at radius 1 is 1.20 bits per heavy atom. The zero-order valence-electron chi connectivity index (χ0n) is 13.2. The molecule has 1 aliphatic rings. The standard InChI is InChI=1S/C17H15ClN6.ClH/c18-11-2-1-10-5-6-24(15(10)7-11)16-13-8-12(23-17(19)20)3-4-14(13)21-9-22-16;/h1-4,7-9H,5-6H2,(H4,19,20,23);1H. The molecule has 0 radical (unpaired) electrons. The fourth-order valence-electron chi connectivity index (χ4n) is 3.06. The van der Waals surface area contributed by atoms with Crippen molar-refractivity contribution < 1.29 is 0 Å². The minimum Gasteiger partial charge on any atom is -0.370 e. The summed E-state index contributed by atoms with van der Waals surface area (Å²) in [5, 5.41) is 11.8. The van der Waals surface area contributed by atoms with Crippen molar-refractivity contribution in [3.63, 3.8) is 0 Å². The second-order valence-electron chi connectivity index (χ2n) is 5.64. The van der Waals surface area contributed by atoms with Gasteiger partial charge in [0.15, 0.2) is 5.96 Å². The van der Waals surface area contributed by atoms with Crippen molar-refractivity contribution in [1.82, 2.24) is 9.97 Å². The summed E-state index contributed by atoms with van der Waals surface area (Å²) in [6, 6.07) is 11.6. The van der Waals surface area contributed by atoms with E-state index in [1.165, 1.54) is 5.56 Å². The fraction of sp³-hybridized carbons (Fsp3) is 0.118. The largest absolute Gasteiger partial charge is 0.370 e. The van der Waals surface area contributed by atoms with E-state index >= 15 is 0 Å². The number of aromatic nitrogens is 2. The minimum atomic E-state index is -0.106. The molecule has 2 heterocycles. The van der Waals surface area contributed by atoms with E-state index in [-0.39, 0.29) is 18.4 Å². The quantitative estimate of drug-likeness (QED) is 0.469. The van der Waals surface area contributed by atoms with Gasteiger partial charge in [-0.2, -0.15) is 0 Å². The summed E-state index contributed by atoms with van der Waals surface area (Å²) in [4.78, 5) is 11.0. The number of fused-ring (bicyclic) bond motifs is 2. The van der Waals surface area contributed by atoms with Crippen molar-refractivity contribution in [3.05, 3.63) is 53.3 Å². The average molecular weight is 375 g/mol. The molecular weight excluding hydrogens is 359 g/mol. The lowest BCUT2D eigenvalue weighted by Crippen LogP contribution is -2.20. The van der Waals surface area contributed by atoms with Crippen LogP contribution < -0.4 is 16.0 Å². The first-order valence-corrected chi connectivity index (χ1v) is 7.91. The van der Waals surface area contributed by atoms with Gasteiger partial charge in [0.1, 0.15) is 12.1 Å². The SMILES string of the molecule is Cl.N=C(N)Nc1ccc2ncnc(N3CCc4ccc(Cl)cc43)c2c1. The van der Waals surface area contributed by atoms with Gasteiger partial charge in [0.25, 0.3) is 0 Å². The first-order valence-electron chi connectivity index (χ1n) is 7.53. The molecule has 128 valence electrons. The van der Waals surface area contributed by atoms with Crippen LogP contribution in [0.5, 0.6) is 0 Å². The topological polar surface area (TPSA) is 90.9 Å². The van der Waals surface area contributed by atoms with Gasteiger partial charge in [-0.1, -0.05) is 17.7 Å². The third-order valence-electron chi connectivity index (χ3n) is 4.09. The lowest BCUT2D eigenvalue weighted by molar-refractivity contribution is 0.975. The second-order valence-corrected chi connectivity index (χ2v) is 6.08. The van der Waals surface area contributed by atoms with Crippen LogP contribution >= 0.6 is 24.0 Å². The van der Waals surface area contributed by atoms with Crippen LogP contribution in [0.1, 0.15) is 5.56 Å². The normalized spacial score (nSPS) is 12.6. The zero-order chi connectivity index (χ0) is 16.7. The van der Waals surface area contributed by atoms with Crippen LogP contribution in [0.3, 0.4) is 0 Å². The van der Waals surface area contributed by atoms with Crippen LogP contribution in [-0.4, -0.2) is 22.5 Å². The van der Waals surface area contributed by atoms with Gasteiger partial charge in [-0.15, -0.1) is 12.4 Å². The molecule has 4 N–H and O–H groups in total. The Hall–Kier alpha value is -2.57. The molecule has 1 aliphatic heterocycles. The molecule has 0 aliphatic carbocycles. The molecule has 0 bridgehead atoms. The highest BCUT2D eigenvalue weighted by molar-refractivity contribution is 6.31. The highest BCUT2D eigenvalue weighted by Crippen LogP contribution is 2.38. The zero-order valence-corrected chi connectivity index (χ0v) is 14.7. The molecule has 0 spiro atoms. The van der Waals surface area contributed by atoms with Gasteiger partial charge >= 0.3 is 0 Å². The lowest BCUT2D eigenvalue weighted by atomic mass is 10.1. The monoisotopic (exact) mass is 374 g/mol. The van der Waals surface area contributed by atoms with E-state index in [4.69, 9.17) is 22.7 Å². The maximum absolute atomic E-state index is 7.39. The summed E-state index contributed by atoms with van der Waals surface area (Å²) in [7, 11) is 0. The molecule has 0 fully saturated rings. The molecule has 4 rings (SSSR count). The molecule has 0 atom stereocenters. The summed E-state index contributed by atoms with van der Waals surface area (Å²) in [5.41, 5.74) is 9.33. The molecule has 0 amide bonds. The molecular formula is C17H16Cl2N6. The van der Waals surface area contributed by atoms with E-state index in [9.17, 15) is 0 Å². The van der Waals surface area contributed by atoms with Gasteiger partial charge < -0.3 is 16.0 Å². The number of guanidine groups is 1. The Kier molecular flexibility index (Phi) is 4.65. The molecule has 1 aromatic heterocycles. The number of nitrogens with one attached hydrogen (secondary N) is 2. The number of anilines is 3. The van der Waals surface area contributed by atoms with Gasteiger partial charge in [0.2, 0.25) is 0 Å². The molecule has 6 nitrogen and oxygen atoms in total. The molecule has 0 saturated carbocycles. The van der Waals surface area contributed by atoms with Crippen molar-refractivity contribution in [2.24, 2.45) is 5.73 Å². The Balaban J connectivity index is 0.00000182. The van der Waals surface area contributed by atoms with E-state index < -0.39 is 0 Å². The van der Waals surface area contributed by atoms with E-state index in [1.54, 1.807) is 6.33 Å². The van der Waals surface area contributed by atoms with Crippen LogP contribution in [-0.2, 0) is 6.42 Å². The molecule has 0 saturated heterocycles. The van der Waals surface area contributed by atoms with E-state index in [2.05, 4.69) is 26.3 Å². The highest BCUT2D eigenvalue weighted by Gasteiger charge is 2.23. The van der Waals surface area contributed by atoms with Crippen molar-refractivity contribution in [1.29, 1.82) is 5.41 Å². The fourth-order valence-corrected chi connectivity index (χ4v) is 3.23. The Labute approximate surface area is 155 Å². The number of benzene rings is 2. The number of nitrogens with two attached hydrogens (primary N) is 1. The van der Waals surface area contributed by atoms with Gasteiger partial charge in [0, 0.05) is 28.3 Å². The number of nitrogens with zero attached hydrogens (tertiary/aromatic N) is 3. The maximum Gasteiger partial charge on any atom is 0.190 e. The highest BCUT2D eigenvalue weighted by atomic mass is 35.5. The Morgan fingerprint density at radius 2 is 2.04 bits per heavy atom. The van der Waals surface area contributed by atoms with E-state index in [0.717, 1.165) is 41.1 Å². The average Bonchev–Trinajstić information content (AvgIpc) is 2.96. The van der Waals surface area contributed by atoms with Crippen molar-refractivity contribution in [2.75, 3.05) is 16.8 Å². The molecule has 3 aromatic rings. The summed E-state index contributed by atoms with van der Waals surface area (Å²) >= 11 is 6.17. The predicted molar refractivity (Wildman–Crippen MR) is 104 cm³/mol. The Morgan fingerprint density at radius 3 is 2.84 bits per heavy atom. The second kappa shape index (κ2) is 6.74. The van der Waals surface area contributed by atoms with Crippen LogP contribution in [0.4, 0.5) is 17.2 Å². The first-order chi connectivity index (χ1) is 11.6. The summed E-state index contributed by atoms with van der Waals surface area (Å²) in [5.74, 6) is 0.722. The summed E-state index contributed by atoms with van der Waals surface area (Å²) < 4.78 is 0. The number of rotatable bonds is 2. The first kappa shape index (κ1) is 17.3. The molecule has 8 heteroatoms. The van der Waals surface area contributed by atoms with Gasteiger partial charge in [0.05, 0.1) is 5.52 Å². The molecule has 0 unspecified atom stereocenters. The molecule has 2 aromatic carbocycles. The van der Waals surface area contributed by atoms with E-state index in [1.807, 2.05) is 30.3 Å². The summed E-state index contributed by atoms with van der Waals surface area (Å²) in [6.45, 7) is 0.839. The van der Waals surface area contributed by atoms with E-state index in [0.29, 0.717) is 5.02 Å².